The first kappa shape index (κ1) is 20.1. The summed E-state index contributed by atoms with van der Waals surface area (Å²) < 4.78 is 11.3. The number of benzene rings is 3. The number of para-hydroxylation sites is 1. The number of ether oxygens (including phenoxy) is 2. The van der Waals surface area contributed by atoms with Gasteiger partial charge in [-0.25, -0.2) is 5.43 Å². The van der Waals surface area contributed by atoms with E-state index in [9.17, 15) is 4.79 Å². The van der Waals surface area contributed by atoms with E-state index in [2.05, 4.69) is 29.6 Å². The van der Waals surface area contributed by atoms with Gasteiger partial charge in [0.2, 0.25) is 0 Å². The van der Waals surface area contributed by atoms with Crippen LogP contribution in [-0.4, -0.2) is 18.7 Å². The van der Waals surface area contributed by atoms with Crippen LogP contribution in [0.15, 0.2) is 77.9 Å². The summed E-state index contributed by atoms with van der Waals surface area (Å²) in [5.41, 5.74) is 6.15. The van der Waals surface area contributed by atoms with Gasteiger partial charge in [0.15, 0.2) is 0 Å². The third-order valence-corrected chi connectivity index (χ3v) is 4.23. The fourth-order valence-corrected chi connectivity index (χ4v) is 2.65. The van der Waals surface area contributed by atoms with Gasteiger partial charge < -0.3 is 9.47 Å². The molecule has 3 aromatic carbocycles. The van der Waals surface area contributed by atoms with E-state index < -0.39 is 0 Å². The normalized spacial score (nSPS) is 10.7. The highest BCUT2D eigenvalue weighted by molar-refractivity contribution is 5.95. The Morgan fingerprint density at radius 2 is 1.69 bits per heavy atom. The molecule has 29 heavy (non-hydrogen) atoms. The first-order valence-electron chi connectivity index (χ1n) is 9.49. The van der Waals surface area contributed by atoms with Crippen molar-refractivity contribution in [1.29, 1.82) is 0 Å². The highest BCUT2D eigenvalue weighted by Crippen LogP contribution is 2.16. The zero-order valence-corrected chi connectivity index (χ0v) is 16.6. The minimum Gasteiger partial charge on any atom is -0.493 e. The van der Waals surface area contributed by atoms with E-state index in [0.29, 0.717) is 24.5 Å². The number of hydrogen-bond donors (Lipinski definition) is 1. The van der Waals surface area contributed by atoms with Gasteiger partial charge in [0, 0.05) is 11.1 Å². The lowest BCUT2D eigenvalue weighted by atomic mass is 10.2. The third kappa shape index (κ3) is 5.94. The van der Waals surface area contributed by atoms with E-state index >= 15 is 0 Å². The Labute approximate surface area is 171 Å². The van der Waals surface area contributed by atoms with Crippen LogP contribution in [-0.2, 0) is 6.61 Å². The highest BCUT2D eigenvalue weighted by Gasteiger charge is 2.05. The molecule has 3 rings (SSSR count). The number of rotatable bonds is 8. The Bertz CT molecular complexity index is 964. The number of aryl methyl sites for hydroxylation is 1. The molecule has 0 aliphatic carbocycles. The summed E-state index contributed by atoms with van der Waals surface area (Å²) in [5.74, 6) is 1.14. The fourth-order valence-electron chi connectivity index (χ4n) is 2.65. The first-order chi connectivity index (χ1) is 14.2. The molecule has 0 unspecified atom stereocenters. The van der Waals surface area contributed by atoms with Crippen molar-refractivity contribution in [3.63, 3.8) is 0 Å². The average molecular weight is 388 g/mol. The first-order valence-corrected chi connectivity index (χ1v) is 9.49. The topological polar surface area (TPSA) is 59.9 Å². The quantitative estimate of drug-likeness (QED) is 0.448. The van der Waals surface area contributed by atoms with Gasteiger partial charge in [-0.3, -0.25) is 4.79 Å². The van der Waals surface area contributed by atoms with Gasteiger partial charge in [-0.2, -0.15) is 5.10 Å². The van der Waals surface area contributed by atoms with E-state index in [-0.39, 0.29) is 5.91 Å². The Morgan fingerprint density at radius 3 is 2.41 bits per heavy atom. The molecule has 0 aliphatic rings. The van der Waals surface area contributed by atoms with E-state index in [1.54, 1.807) is 30.5 Å². The second-order valence-electron chi connectivity index (χ2n) is 6.47. The smallest absolute Gasteiger partial charge is 0.271 e. The molecule has 0 heterocycles. The number of carbonyl (C=O) groups is 1. The molecular weight excluding hydrogens is 364 g/mol. The molecule has 0 spiro atoms. The molecular formula is C24H24N2O3. The highest BCUT2D eigenvalue weighted by atomic mass is 16.5. The van der Waals surface area contributed by atoms with Crippen LogP contribution in [0.25, 0.3) is 0 Å². The van der Waals surface area contributed by atoms with Crippen molar-refractivity contribution in [2.24, 2.45) is 5.10 Å². The minimum absolute atomic E-state index is 0.291. The number of nitrogens with zero attached hydrogens (tertiary/aromatic N) is 1. The van der Waals surface area contributed by atoms with E-state index in [1.807, 2.05) is 43.3 Å². The van der Waals surface area contributed by atoms with Crippen LogP contribution >= 0.6 is 0 Å². The number of carbonyl (C=O) groups excluding carboxylic acids is 1. The summed E-state index contributed by atoms with van der Waals surface area (Å²) in [7, 11) is 0. The van der Waals surface area contributed by atoms with Crippen molar-refractivity contribution in [3.05, 3.63) is 95.1 Å². The van der Waals surface area contributed by atoms with Gasteiger partial charge in [-0.05, 0) is 55.8 Å². The standard InChI is InChI=1S/C24H24N2O3/c1-3-28-23-7-5-4-6-21(23)16-25-26-24(27)20-12-14-22(15-13-20)29-17-19-10-8-18(2)9-11-19/h4-16H,3,17H2,1-2H3,(H,26,27)/b25-16-. The van der Waals surface area contributed by atoms with Crippen LogP contribution in [0.4, 0.5) is 0 Å². The Morgan fingerprint density at radius 1 is 0.966 bits per heavy atom. The molecule has 1 N–H and O–H groups in total. The summed E-state index contributed by atoms with van der Waals surface area (Å²) in [4.78, 5) is 12.3. The maximum Gasteiger partial charge on any atom is 0.271 e. The van der Waals surface area contributed by atoms with Crippen molar-refractivity contribution in [3.8, 4) is 11.5 Å². The lowest BCUT2D eigenvalue weighted by Gasteiger charge is -2.08. The Balaban J connectivity index is 1.54. The summed E-state index contributed by atoms with van der Waals surface area (Å²) in [6.45, 7) is 5.02. The molecule has 0 atom stereocenters. The van der Waals surface area contributed by atoms with Crippen LogP contribution < -0.4 is 14.9 Å². The molecule has 0 saturated carbocycles. The van der Waals surface area contributed by atoms with E-state index in [1.165, 1.54) is 5.56 Å². The van der Waals surface area contributed by atoms with Crippen molar-refractivity contribution < 1.29 is 14.3 Å². The lowest BCUT2D eigenvalue weighted by Crippen LogP contribution is -2.17. The maximum absolute atomic E-state index is 12.3. The lowest BCUT2D eigenvalue weighted by molar-refractivity contribution is 0.0955. The largest absolute Gasteiger partial charge is 0.493 e. The molecule has 1 amide bonds. The van der Waals surface area contributed by atoms with Gasteiger partial charge in [0.25, 0.3) is 5.91 Å². The van der Waals surface area contributed by atoms with E-state index in [0.717, 1.165) is 16.9 Å². The van der Waals surface area contributed by atoms with Crippen LogP contribution in [0.2, 0.25) is 0 Å². The zero-order chi connectivity index (χ0) is 20.5. The van der Waals surface area contributed by atoms with Crippen LogP contribution in [0.5, 0.6) is 11.5 Å². The summed E-state index contributed by atoms with van der Waals surface area (Å²) in [5, 5.41) is 4.03. The SMILES string of the molecule is CCOc1ccccc1/C=N\NC(=O)c1ccc(OCc2ccc(C)cc2)cc1. The van der Waals surface area contributed by atoms with Crippen LogP contribution in [0.3, 0.4) is 0 Å². The fraction of sp³-hybridized carbons (Fsp3) is 0.167. The van der Waals surface area contributed by atoms with Gasteiger partial charge in [-0.15, -0.1) is 0 Å². The number of hydrogen-bond acceptors (Lipinski definition) is 4. The zero-order valence-electron chi connectivity index (χ0n) is 16.6. The van der Waals surface area contributed by atoms with Crippen molar-refractivity contribution in [1.82, 2.24) is 5.43 Å². The second-order valence-corrected chi connectivity index (χ2v) is 6.47. The molecule has 0 radical (unpaired) electrons. The van der Waals surface area contributed by atoms with Gasteiger partial charge in [0.05, 0.1) is 12.8 Å². The van der Waals surface area contributed by atoms with Gasteiger partial charge in [0.1, 0.15) is 18.1 Å². The Hall–Kier alpha value is -3.60. The number of amides is 1. The number of hydrazone groups is 1. The molecule has 0 fully saturated rings. The van der Waals surface area contributed by atoms with Crippen molar-refractivity contribution in [2.75, 3.05) is 6.61 Å². The maximum atomic E-state index is 12.3. The predicted molar refractivity (Wildman–Crippen MR) is 115 cm³/mol. The van der Waals surface area contributed by atoms with Crippen LogP contribution in [0.1, 0.15) is 34.0 Å². The van der Waals surface area contributed by atoms with Gasteiger partial charge >= 0.3 is 0 Å². The third-order valence-electron chi connectivity index (χ3n) is 4.23. The predicted octanol–water partition coefficient (Wildman–Crippen LogP) is 4.74. The van der Waals surface area contributed by atoms with Crippen LogP contribution in [0, 0.1) is 6.92 Å². The van der Waals surface area contributed by atoms with Crippen molar-refractivity contribution >= 4 is 12.1 Å². The molecule has 0 bridgehead atoms. The van der Waals surface area contributed by atoms with E-state index in [4.69, 9.17) is 9.47 Å². The summed E-state index contributed by atoms with van der Waals surface area (Å²) in [6, 6.07) is 22.7. The van der Waals surface area contributed by atoms with Crippen molar-refractivity contribution in [2.45, 2.75) is 20.5 Å². The second kappa shape index (κ2) is 10.1. The molecule has 0 aromatic heterocycles. The average Bonchev–Trinajstić information content (AvgIpc) is 2.75. The number of nitrogens with one attached hydrogen (secondary N) is 1. The van der Waals surface area contributed by atoms with Gasteiger partial charge in [-0.1, -0.05) is 42.0 Å². The molecule has 5 heteroatoms. The monoisotopic (exact) mass is 388 g/mol. The Kier molecular flexibility index (Phi) is 7.00. The molecule has 3 aromatic rings. The molecule has 0 aliphatic heterocycles. The minimum atomic E-state index is -0.291. The summed E-state index contributed by atoms with van der Waals surface area (Å²) in [6.07, 6.45) is 1.57. The summed E-state index contributed by atoms with van der Waals surface area (Å²) >= 11 is 0. The molecule has 148 valence electrons. The molecule has 0 saturated heterocycles. The molecule has 5 nitrogen and oxygen atoms in total.